The van der Waals surface area contributed by atoms with Crippen LogP contribution >= 0.6 is 22.7 Å². The first kappa shape index (κ1) is 44.1. The van der Waals surface area contributed by atoms with E-state index in [0.717, 1.165) is 47.5 Å². The van der Waals surface area contributed by atoms with Crippen LogP contribution in [0.2, 0.25) is 0 Å². The molecule has 0 fully saturated rings. The molecular weight excluding hydrogens is 816 g/mol. The molecule has 0 amide bonds. The molecule has 59 heavy (non-hydrogen) atoms. The number of rotatable bonds is 14. The number of esters is 1. The van der Waals surface area contributed by atoms with E-state index in [1.165, 1.54) is 7.11 Å². The molecule has 0 spiro atoms. The van der Waals surface area contributed by atoms with E-state index >= 15 is 0 Å². The van der Waals surface area contributed by atoms with Gasteiger partial charge in [-0.2, -0.15) is 0 Å². The quantitative estimate of drug-likeness (QED) is 0.121. The second-order valence-corrected chi connectivity index (χ2v) is 14.0. The summed E-state index contributed by atoms with van der Waals surface area (Å²) in [7, 11) is 4.56. The Hall–Kier alpha value is -5.96. The van der Waals surface area contributed by atoms with E-state index in [1.807, 2.05) is 36.4 Å². The fourth-order valence-electron chi connectivity index (χ4n) is 5.29. The molecule has 0 unspecified atom stereocenters. The second kappa shape index (κ2) is 20.6. The van der Waals surface area contributed by atoms with Crippen LogP contribution in [0.5, 0.6) is 23.0 Å². The molecule has 0 radical (unpaired) electrons. The predicted molar refractivity (Wildman–Crippen MR) is 210 cm³/mol. The van der Waals surface area contributed by atoms with Gasteiger partial charge in [0.25, 0.3) is 0 Å². The van der Waals surface area contributed by atoms with Crippen LogP contribution in [0.4, 0.5) is 0 Å². The van der Waals surface area contributed by atoms with Crippen molar-refractivity contribution >= 4 is 55.0 Å². The molecule has 0 saturated carbocycles. The van der Waals surface area contributed by atoms with Gasteiger partial charge >= 0.3 is 41.5 Å². The van der Waals surface area contributed by atoms with Gasteiger partial charge in [-0.05, 0) is 72.8 Å². The number of carbonyl (C=O) groups excluding carboxylic acids is 1. The van der Waals surface area contributed by atoms with Crippen molar-refractivity contribution in [1.29, 1.82) is 0 Å². The van der Waals surface area contributed by atoms with Crippen LogP contribution in [0.15, 0.2) is 93.8 Å². The molecule has 0 atom stereocenters. The SMILES string of the molecule is COC(=O)COc1ccc(-c2nnc(Cc3nc4c(OC)cccc4s3)o2)cc1.COc1cccc2sc(Cc3nnc(-c4ccc(OCC(=O)O)cc4)o3)nc12.[Na+].[OH-]. The minimum atomic E-state index is -1.03. The monoisotopic (exact) mass is 848 g/mol. The molecule has 8 aromatic rings. The van der Waals surface area contributed by atoms with Crippen molar-refractivity contribution in [2.24, 2.45) is 0 Å². The Morgan fingerprint density at radius 3 is 1.47 bits per heavy atom. The van der Waals surface area contributed by atoms with E-state index < -0.39 is 18.5 Å². The van der Waals surface area contributed by atoms with Crippen LogP contribution in [0, 0.1) is 0 Å². The van der Waals surface area contributed by atoms with Crippen molar-refractivity contribution in [3.63, 3.8) is 0 Å². The molecule has 0 saturated heterocycles. The van der Waals surface area contributed by atoms with Crippen LogP contribution < -0.4 is 48.5 Å². The summed E-state index contributed by atoms with van der Waals surface area (Å²) in [5, 5.41) is 26.8. The first-order valence-electron chi connectivity index (χ1n) is 17.0. The summed E-state index contributed by atoms with van der Waals surface area (Å²) >= 11 is 3.12. The van der Waals surface area contributed by atoms with E-state index in [0.29, 0.717) is 53.5 Å². The Balaban J connectivity index is 0.000000217. The number of hydrogen-bond donors (Lipinski definition) is 1. The predicted octanol–water partition coefficient (Wildman–Crippen LogP) is 3.73. The average molecular weight is 849 g/mol. The standard InChI is InChI=1S/C20H17N3O5S.C19H15N3O5S.Na.H2O/c1-25-14-4-3-5-15-19(14)21-17(29-15)10-16-22-23-20(28-16)12-6-8-13(9-7-12)27-11-18(24)26-2;1-25-13-3-2-4-14-18(13)20-16(28-14)9-15-21-22-19(27-15)11-5-7-12(8-6-11)26-10-17(23)24;;/h3-9H,10-11H2,1-2H3;2-8H,9-10H2,1H3,(H,23,24);;1H2/q;;+1;/p-1. The van der Waals surface area contributed by atoms with Crippen molar-refractivity contribution in [2.75, 3.05) is 34.5 Å². The van der Waals surface area contributed by atoms with Gasteiger partial charge in [0, 0.05) is 11.1 Å². The molecule has 17 nitrogen and oxygen atoms in total. The molecule has 0 aliphatic carbocycles. The number of aliphatic carboxylic acids is 1. The maximum atomic E-state index is 11.1. The molecule has 0 bridgehead atoms. The summed E-state index contributed by atoms with van der Waals surface area (Å²) in [4.78, 5) is 30.9. The summed E-state index contributed by atoms with van der Waals surface area (Å²) in [5.74, 6) is 2.71. The maximum Gasteiger partial charge on any atom is 1.00 e. The molecule has 0 aliphatic heterocycles. The third-order valence-corrected chi connectivity index (χ3v) is 10.0. The number of fused-ring (bicyclic) bond motifs is 2. The molecule has 20 heteroatoms. The fraction of sp³-hybridized carbons (Fsp3) is 0.179. The Labute approximate surface area is 365 Å². The number of benzene rings is 4. The van der Waals surface area contributed by atoms with Gasteiger partial charge < -0.3 is 43.1 Å². The topological polar surface area (TPSA) is 234 Å². The van der Waals surface area contributed by atoms with Gasteiger partial charge in [0.15, 0.2) is 13.2 Å². The number of hydrogen-bond acceptors (Lipinski definition) is 18. The van der Waals surface area contributed by atoms with Gasteiger partial charge in [-0.15, -0.1) is 43.1 Å². The third-order valence-electron chi connectivity index (χ3n) is 7.98. The smallest absolute Gasteiger partial charge is 0.870 e. The van der Waals surface area contributed by atoms with Crippen LogP contribution in [-0.4, -0.2) is 87.4 Å². The minimum Gasteiger partial charge on any atom is -0.870 e. The van der Waals surface area contributed by atoms with Crippen molar-refractivity contribution < 1.29 is 82.2 Å². The fourth-order valence-corrected chi connectivity index (χ4v) is 7.25. The van der Waals surface area contributed by atoms with Gasteiger partial charge in [-0.3, -0.25) is 0 Å². The molecule has 298 valence electrons. The third kappa shape index (κ3) is 11.2. The Kier molecular flexibility index (Phi) is 15.4. The molecule has 8 rings (SSSR count). The molecule has 4 aromatic heterocycles. The number of carboxylic acid groups (broad SMARTS) is 1. The van der Waals surface area contributed by atoms with Gasteiger partial charge in [-0.1, -0.05) is 12.1 Å². The van der Waals surface area contributed by atoms with Crippen molar-refractivity contribution in [3.8, 4) is 45.9 Å². The van der Waals surface area contributed by atoms with Gasteiger partial charge in [0.2, 0.25) is 23.6 Å². The first-order valence-corrected chi connectivity index (χ1v) is 18.7. The molecule has 4 heterocycles. The zero-order valence-electron chi connectivity index (χ0n) is 32.0. The summed E-state index contributed by atoms with van der Waals surface area (Å²) in [6.45, 7) is -0.537. The van der Waals surface area contributed by atoms with Crippen molar-refractivity contribution in [2.45, 2.75) is 12.8 Å². The Morgan fingerprint density at radius 2 is 1.07 bits per heavy atom. The van der Waals surface area contributed by atoms with Crippen LogP contribution in [0.1, 0.15) is 21.8 Å². The summed E-state index contributed by atoms with van der Waals surface area (Å²) in [5.41, 5.74) is 3.12. The second-order valence-electron chi connectivity index (χ2n) is 11.8. The van der Waals surface area contributed by atoms with Crippen LogP contribution in [-0.2, 0) is 27.2 Å². The average Bonchev–Trinajstić information content (AvgIpc) is 4.06. The minimum absolute atomic E-state index is 0. The van der Waals surface area contributed by atoms with Crippen LogP contribution in [0.3, 0.4) is 0 Å². The summed E-state index contributed by atoms with van der Waals surface area (Å²) in [6.07, 6.45) is 0.866. The van der Waals surface area contributed by atoms with Crippen LogP contribution in [0.25, 0.3) is 43.3 Å². The zero-order chi connectivity index (χ0) is 39.7. The number of nitrogens with zero attached hydrogens (tertiary/aromatic N) is 6. The van der Waals surface area contributed by atoms with Crippen molar-refractivity contribution in [1.82, 2.24) is 30.4 Å². The molecule has 2 N–H and O–H groups in total. The summed E-state index contributed by atoms with van der Waals surface area (Å²) < 4.78 is 39.3. The molecule has 0 aliphatic rings. The summed E-state index contributed by atoms with van der Waals surface area (Å²) in [6, 6.07) is 25.4. The number of methoxy groups -OCH3 is 3. The number of para-hydroxylation sites is 2. The van der Waals surface area contributed by atoms with E-state index in [-0.39, 0.29) is 41.6 Å². The van der Waals surface area contributed by atoms with Gasteiger partial charge in [-0.25, -0.2) is 19.6 Å². The number of thiazole rings is 2. The van der Waals surface area contributed by atoms with Gasteiger partial charge in [0.1, 0.15) is 44.0 Å². The number of carboxylic acids is 1. The Morgan fingerprint density at radius 1 is 0.627 bits per heavy atom. The normalized spacial score (nSPS) is 10.5. The molecule has 4 aromatic carbocycles. The Bertz CT molecular complexity index is 2630. The van der Waals surface area contributed by atoms with E-state index in [4.69, 9.17) is 32.9 Å². The molecular formula is C39H33N6NaO11S2. The largest absolute Gasteiger partial charge is 1.00 e. The number of aromatic nitrogens is 6. The number of ether oxygens (including phenoxy) is 5. The maximum absolute atomic E-state index is 11.1. The first-order chi connectivity index (χ1) is 27.8. The van der Waals surface area contributed by atoms with E-state index in [1.54, 1.807) is 85.4 Å². The number of carbonyl (C=O) groups is 2. The van der Waals surface area contributed by atoms with Gasteiger partial charge in [0.05, 0.1) is 43.6 Å². The van der Waals surface area contributed by atoms with E-state index in [2.05, 4.69) is 35.1 Å². The van der Waals surface area contributed by atoms with Crippen molar-refractivity contribution in [3.05, 3.63) is 107 Å². The zero-order valence-corrected chi connectivity index (χ0v) is 35.6. The van der Waals surface area contributed by atoms with E-state index in [9.17, 15) is 9.59 Å².